The molecule has 2 rings (SSSR count). The molecule has 118 valence electrons. The Morgan fingerprint density at radius 2 is 2.19 bits per heavy atom. The number of hydrogen-bond donors (Lipinski definition) is 1. The van der Waals surface area contributed by atoms with Crippen LogP contribution in [0.5, 0.6) is 0 Å². The van der Waals surface area contributed by atoms with Gasteiger partial charge < -0.3 is 10.6 Å². The van der Waals surface area contributed by atoms with Crippen molar-refractivity contribution in [2.75, 3.05) is 14.1 Å². The highest BCUT2D eigenvalue weighted by Gasteiger charge is 2.41. The molecule has 1 aliphatic carbocycles. The first-order valence-corrected chi connectivity index (χ1v) is 8.10. The number of halogens is 2. The smallest absolute Gasteiger partial charge is 0.142 e. The van der Waals surface area contributed by atoms with Crippen LogP contribution >= 0.6 is 11.6 Å². The minimum atomic E-state index is -0.364. The molecule has 0 amide bonds. The number of nitrogens with zero attached hydrogens (tertiary/aromatic N) is 1. The molecule has 0 bridgehead atoms. The number of benzene rings is 1. The second kappa shape index (κ2) is 6.64. The van der Waals surface area contributed by atoms with Gasteiger partial charge in [-0.1, -0.05) is 37.4 Å². The van der Waals surface area contributed by atoms with Crippen molar-refractivity contribution >= 4 is 11.6 Å². The molecular weight excluding hydrogens is 287 g/mol. The summed E-state index contributed by atoms with van der Waals surface area (Å²) in [5.41, 5.74) is 7.50. The van der Waals surface area contributed by atoms with Crippen LogP contribution in [0.2, 0.25) is 5.02 Å². The fraction of sp³-hybridized carbons (Fsp3) is 0.647. The molecule has 0 heterocycles. The fourth-order valence-corrected chi connectivity index (χ4v) is 3.87. The molecule has 0 radical (unpaired) electrons. The molecule has 0 aliphatic heterocycles. The van der Waals surface area contributed by atoms with Crippen LogP contribution < -0.4 is 5.73 Å². The van der Waals surface area contributed by atoms with Gasteiger partial charge in [0, 0.05) is 11.6 Å². The Balaban J connectivity index is 2.18. The molecule has 4 heteroatoms. The lowest BCUT2D eigenvalue weighted by atomic mass is 9.70. The zero-order valence-corrected chi connectivity index (χ0v) is 14.0. The van der Waals surface area contributed by atoms with Crippen LogP contribution in [0.15, 0.2) is 18.2 Å². The molecule has 1 aromatic rings. The van der Waals surface area contributed by atoms with Crippen molar-refractivity contribution in [2.24, 2.45) is 11.7 Å². The molecule has 2 nitrogen and oxygen atoms in total. The topological polar surface area (TPSA) is 29.3 Å². The Labute approximate surface area is 132 Å². The summed E-state index contributed by atoms with van der Waals surface area (Å²) in [6.45, 7) is 2.30. The molecular formula is C17H26ClFN2. The Morgan fingerprint density at radius 1 is 1.48 bits per heavy atom. The van der Waals surface area contributed by atoms with E-state index < -0.39 is 0 Å². The average molecular weight is 313 g/mol. The maximum atomic E-state index is 13.6. The van der Waals surface area contributed by atoms with Gasteiger partial charge in [0.15, 0.2) is 0 Å². The van der Waals surface area contributed by atoms with Crippen molar-refractivity contribution in [1.29, 1.82) is 0 Å². The van der Waals surface area contributed by atoms with Gasteiger partial charge in [-0.05, 0) is 57.0 Å². The van der Waals surface area contributed by atoms with Gasteiger partial charge in [0.2, 0.25) is 0 Å². The monoisotopic (exact) mass is 312 g/mol. The van der Waals surface area contributed by atoms with Gasteiger partial charge in [0.25, 0.3) is 0 Å². The van der Waals surface area contributed by atoms with Crippen LogP contribution in [0.1, 0.15) is 38.2 Å². The first-order chi connectivity index (χ1) is 9.85. The lowest BCUT2D eigenvalue weighted by Gasteiger charge is -2.49. The number of likely N-dealkylation sites (N-methyl/N-ethyl adjacent to an activating group) is 1. The van der Waals surface area contributed by atoms with E-state index >= 15 is 0 Å². The summed E-state index contributed by atoms with van der Waals surface area (Å²) < 4.78 is 13.6. The van der Waals surface area contributed by atoms with E-state index in [0.717, 1.165) is 18.4 Å². The molecule has 0 aromatic heterocycles. The summed E-state index contributed by atoms with van der Waals surface area (Å²) in [5.74, 6) is 0.325. The van der Waals surface area contributed by atoms with Gasteiger partial charge in [-0.3, -0.25) is 0 Å². The molecule has 3 atom stereocenters. The summed E-state index contributed by atoms with van der Waals surface area (Å²) in [5, 5.41) is 0.168. The van der Waals surface area contributed by atoms with E-state index in [-0.39, 0.29) is 22.4 Å². The van der Waals surface area contributed by atoms with E-state index in [0.29, 0.717) is 12.3 Å². The Bertz CT molecular complexity index is 492. The molecule has 1 saturated carbocycles. The molecule has 2 N–H and O–H groups in total. The highest BCUT2D eigenvalue weighted by atomic mass is 35.5. The largest absolute Gasteiger partial charge is 0.326 e. The van der Waals surface area contributed by atoms with Gasteiger partial charge in [0.05, 0.1) is 5.02 Å². The predicted octanol–water partition coefficient (Wildman–Crippen LogP) is 3.86. The minimum Gasteiger partial charge on any atom is -0.326 e. The molecule has 3 unspecified atom stereocenters. The second-order valence-electron chi connectivity index (χ2n) is 6.76. The zero-order chi connectivity index (χ0) is 15.6. The Hall–Kier alpha value is -0.640. The minimum absolute atomic E-state index is 0.00387. The predicted molar refractivity (Wildman–Crippen MR) is 87.1 cm³/mol. The van der Waals surface area contributed by atoms with Crippen LogP contribution in [0, 0.1) is 11.7 Å². The Morgan fingerprint density at radius 3 is 2.76 bits per heavy atom. The maximum absolute atomic E-state index is 13.6. The summed E-state index contributed by atoms with van der Waals surface area (Å²) in [6.07, 6.45) is 5.39. The third-order valence-corrected chi connectivity index (χ3v) is 5.34. The lowest BCUT2D eigenvalue weighted by molar-refractivity contribution is 0.0504. The van der Waals surface area contributed by atoms with Crippen molar-refractivity contribution in [2.45, 2.75) is 50.6 Å². The van der Waals surface area contributed by atoms with Crippen molar-refractivity contribution in [3.63, 3.8) is 0 Å². The summed E-state index contributed by atoms with van der Waals surface area (Å²) in [4.78, 5) is 2.28. The molecule has 0 saturated heterocycles. The summed E-state index contributed by atoms with van der Waals surface area (Å²) in [6, 6.07) is 5.00. The van der Waals surface area contributed by atoms with E-state index in [1.807, 2.05) is 6.07 Å². The second-order valence-corrected chi connectivity index (χ2v) is 7.17. The average Bonchev–Trinajstić information content (AvgIpc) is 2.42. The molecule has 1 aromatic carbocycles. The molecule has 0 spiro atoms. The van der Waals surface area contributed by atoms with Gasteiger partial charge in [-0.2, -0.15) is 0 Å². The van der Waals surface area contributed by atoms with Crippen LogP contribution in [-0.2, 0) is 6.42 Å². The SMILES string of the molecule is CC1CCCC(C(N)Cc2ccc(Cl)c(F)c2)(N(C)C)C1. The third-order valence-electron chi connectivity index (χ3n) is 5.03. The highest BCUT2D eigenvalue weighted by Crippen LogP contribution is 2.38. The number of rotatable bonds is 4. The third kappa shape index (κ3) is 3.58. The van der Waals surface area contributed by atoms with Crippen molar-refractivity contribution in [3.05, 3.63) is 34.6 Å². The van der Waals surface area contributed by atoms with E-state index in [2.05, 4.69) is 25.9 Å². The maximum Gasteiger partial charge on any atom is 0.142 e. The van der Waals surface area contributed by atoms with E-state index in [9.17, 15) is 4.39 Å². The van der Waals surface area contributed by atoms with Crippen molar-refractivity contribution in [3.8, 4) is 0 Å². The summed E-state index contributed by atoms with van der Waals surface area (Å²) >= 11 is 5.75. The Kier molecular flexibility index (Phi) is 5.29. The van der Waals surface area contributed by atoms with Gasteiger partial charge in [-0.25, -0.2) is 4.39 Å². The van der Waals surface area contributed by atoms with Crippen LogP contribution in [-0.4, -0.2) is 30.6 Å². The van der Waals surface area contributed by atoms with Gasteiger partial charge >= 0.3 is 0 Å². The number of nitrogens with two attached hydrogens (primary N) is 1. The first-order valence-electron chi connectivity index (χ1n) is 7.72. The lowest BCUT2D eigenvalue weighted by Crippen LogP contribution is -2.60. The van der Waals surface area contributed by atoms with E-state index in [1.54, 1.807) is 6.07 Å². The van der Waals surface area contributed by atoms with Crippen molar-refractivity contribution in [1.82, 2.24) is 4.90 Å². The fourth-order valence-electron chi connectivity index (χ4n) is 3.75. The van der Waals surface area contributed by atoms with E-state index in [1.165, 1.54) is 18.9 Å². The highest BCUT2D eigenvalue weighted by molar-refractivity contribution is 6.30. The van der Waals surface area contributed by atoms with Crippen LogP contribution in [0.25, 0.3) is 0 Å². The molecule has 1 aliphatic rings. The summed E-state index contributed by atoms with van der Waals surface area (Å²) in [7, 11) is 4.22. The van der Waals surface area contributed by atoms with Gasteiger partial charge in [0.1, 0.15) is 5.82 Å². The zero-order valence-electron chi connectivity index (χ0n) is 13.2. The quantitative estimate of drug-likeness (QED) is 0.914. The van der Waals surface area contributed by atoms with E-state index in [4.69, 9.17) is 17.3 Å². The van der Waals surface area contributed by atoms with Gasteiger partial charge in [-0.15, -0.1) is 0 Å². The first kappa shape index (κ1) is 16.7. The molecule has 21 heavy (non-hydrogen) atoms. The number of hydrogen-bond acceptors (Lipinski definition) is 2. The normalized spacial score (nSPS) is 27.9. The van der Waals surface area contributed by atoms with Crippen LogP contribution in [0.3, 0.4) is 0 Å². The van der Waals surface area contributed by atoms with Crippen molar-refractivity contribution < 1.29 is 4.39 Å². The standard InChI is InChI=1S/C17H26ClFN2/c1-12-5-4-8-17(11-12,21(2)3)16(20)10-13-6-7-14(18)15(19)9-13/h6-7,9,12,16H,4-5,8,10-11,20H2,1-3H3. The molecule has 1 fully saturated rings. The van der Waals surface area contributed by atoms with Crippen LogP contribution in [0.4, 0.5) is 4.39 Å².